The second-order valence-corrected chi connectivity index (χ2v) is 23.5. The number of ether oxygens (including phenoxy) is 1. The molecule has 0 aromatic rings. The molecule has 0 bridgehead atoms. The Balaban J connectivity index is 3.35. The predicted molar refractivity (Wildman–Crippen MR) is 329 cm³/mol. The molecule has 1 amide bonds. The standard InChI is InChI=1S/C69H133NO5/c1-3-5-7-9-11-13-15-17-19-30-35-39-43-47-51-55-59-63-69(74)75-64-60-56-52-48-44-40-36-32-29-27-25-23-21-22-24-26-28-31-34-38-42-46-50-54-58-62-68(73)70-66(65-71)67(72)61-57-53-49-45-41-37-33-20-18-16-14-12-10-8-6-4-2/h11,13,17,19,66-67,71-72H,3-10,12,14-16,18,20-65H2,1-2H3,(H,70,73)/b13-11-,19-17-. The minimum absolute atomic E-state index is 0.00932. The molecular formula is C69H133NO5. The van der Waals surface area contributed by atoms with E-state index in [1.807, 2.05) is 0 Å². The molecule has 2 unspecified atom stereocenters. The number of hydrogen-bond donors (Lipinski definition) is 3. The highest BCUT2D eigenvalue weighted by molar-refractivity contribution is 5.76. The summed E-state index contributed by atoms with van der Waals surface area (Å²) in [5, 5.41) is 23.3. The number of aliphatic hydroxyl groups is 2. The Labute approximate surface area is 469 Å². The Hall–Kier alpha value is -1.66. The van der Waals surface area contributed by atoms with Gasteiger partial charge in [0.25, 0.3) is 0 Å². The summed E-state index contributed by atoms with van der Waals surface area (Å²) < 4.78 is 5.50. The Morgan fingerprint density at radius 3 is 1.04 bits per heavy atom. The van der Waals surface area contributed by atoms with Crippen molar-refractivity contribution in [3.63, 3.8) is 0 Å². The van der Waals surface area contributed by atoms with Crippen LogP contribution < -0.4 is 5.32 Å². The summed E-state index contributed by atoms with van der Waals surface area (Å²) in [4.78, 5) is 24.6. The fourth-order valence-electron chi connectivity index (χ4n) is 10.8. The van der Waals surface area contributed by atoms with E-state index >= 15 is 0 Å². The molecule has 0 rings (SSSR count). The fraction of sp³-hybridized carbons (Fsp3) is 0.913. The maximum absolute atomic E-state index is 12.5. The van der Waals surface area contributed by atoms with Crippen LogP contribution in [0.1, 0.15) is 380 Å². The Kier molecular flexibility index (Phi) is 63.4. The van der Waals surface area contributed by atoms with Crippen LogP contribution >= 0.6 is 0 Å². The first kappa shape index (κ1) is 73.3. The maximum atomic E-state index is 12.5. The molecule has 0 aliphatic rings. The highest BCUT2D eigenvalue weighted by Crippen LogP contribution is 2.19. The van der Waals surface area contributed by atoms with Crippen LogP contribution in [-0.4, -0.2) is 47.4 Å². The quantitative estimate of drug-likeness (QED) is 0.0320. The van der Waals surface area contributed by atoms with Gasteiger partial charge in [-0.2, -0.15) is 0 Å². The number of unbranched alkanes of at least 4 members (excludes halogenated alkanes) is 49. The zero-order valence-corrected chi connectivity index (χ0v) is 50.8. The molecule has 0 aliphatic heterocycles. The third-order valence-electron chi connectivity index (χ3n) is 16.0. The SMILES string of the molecule is CCCCC/C=C\C/C=C\CCCCCCCCCC(=O)OCCCCCCCCCCCCCCCCCCCCCCCCCCCC(=O)NC(CO)C(O)CCCCCCCCCCCCCCCCCC. The Bertz CT molecular complexity index is 1170. The molecular weight excluding hydrogens is 923 g/mol. The molecule has 0 radical (unpaired) electrons. The van der Waals surface area contributed by atoms with Gasteiger partial charge < -0.3 is 20.3 Å². The van der Waals surface area contributed by atoms with Crippen molar-refractivity contribution in [3.05, 3.63) is 24.3 Å². The zero-order chi connectivity index (χ0) is 54.3. The summed E-state index contributed by atoms with van der Waals surface area (Å²) in [6.07, 6.45) is 80.7. The van der Waals surface area contributed by atoms with Gasteiger partial charge in [0.15, 0.2) is 0 Å². The molecule has 0 heterocycles. The molecule has 3 N–H and O–H groups in total. The summed E-state index contributed by atoms with van der Waals surface area (Å²) in [6, 6.07) is -0.540. The molecule has 75 heavy (non-hydrogen) atoms. The number of carbonyl (C=O) groups excluding carboxylic acids is 2. The van der Waals surface area contributed by atoms with Crippen LogP contribution in [0.5, 0.6) is 0 Å². The van der Waals surface area contributed by atoms with Gasteiger partial charge in [-0.15, -0.1) is 0 Å². The van der Waals surface area contributed by atoms with E-state index in [0.29, 0.717) is 25.9 Å². The summed E-state index contributed by atoms with van der Waals surface area (Å²) in [6.45, 7) is 4.96. The summed E-state index contributed by atoms with van der Waals surface area (Å²) >= 11 is 0. The molecule has 2 atom stereocenters. The molecule has 0 aromatic carbocycles. The van der Waals surface area contributed by atoms with E-state index in [1.54, 1.807) is 0 Å². The summed E-state index contributed by atoms with van der Waals surface area (Å²) in [5.74, 6) is -0.0209. The van der Waals surface area contributed by atoms with Crippen molar-refractivity contribution in [1.82, 2.24) is 5.32 Å². The number of esters is 1. The van der Waals surface area contributed by atoms with E-state index in [-0.39, 0.29) is 18.5 Å². The van der Waals surface area contributed by atoms with Crippen LogP contribution in [0.15, 0.2) is 24.3 Å². The van der Waals surface area contributed by atoms with Crippen molar-refractivity contribution >= 4 is 11.9 Å². The van der Waals surface area contributed by atoms with Gasteiger partial charge in [0.2, 0.25) is 5.91 Å². The summed E-state index contributed by atoms with van der Waals surface area (Å²) in [7, 11) is 0. The minimum Gasteiger partial charge on any atom is -0.466 e. The third-order valence-corrected chi connectivity index (χ3v) is 16.0. The Morgan fingerprint density at radius 2 is 0.667 bits per heavy atom. The first-order valence-electron chi connectivity index (χ1n) is 34.1. The van der Waals surface area contributed by atoms with E-state index < -0.39 is 12.1 Å². The van der Waals surface area contributed by atoms with Crippen LogP contribution in [-0.2, 0) is 14.3 Å². The van der Waals surface area contributed by atoms with Crippen molar-refractivity contribution < 1.29 is 24.5 Å². The highest BCUT2D eigenvalue weighted by Gasteiger charge is 2.20. The molecule has 0 spiro atoms. The number of amides is 1. The van der Waals surface area contributed by atoms with Gasteiger partial charge in [0.1, 0.15) is 0 Å². The van der Waals surface area contributed by atoms with Crippen molar-refractivity contribution in [2.45, 2.75) is 392 Å². The van der Waals surface area contributed by atoms with Gasteiger partial charge in [0.05, 0.1) is 25.4 Å². The number of rotatable bonds is 64. The number of nitrogens with one attached hydrogen (secondary N) is 1. The predicted octanol–water partition coefficient (Wildman–Crippen LogP) is 21.8. The monoisotopic (exact) mass is 1060 g/mol. The number of hydrogen-bond acceptors (Lipinski definition) is 5. The molecule has 444 valence electrons. The van der Waals surface area contributed by atoms with Crippen LogP contribution in [0.3, 0.4) is 0 Å². The van der Waals surface area contributed by atoms with Crippen LogP contribution in [0.4, 0.5) is 0 Å². The number of carbonyl (C=O) groups is 2. The van der Waals surface area contributed by atoms with E-state index in [1.165, 1.54) is 295 Å². The second-order valence-electron chi connectivity index (χ2n) is 23.5. The molecule has 6 nitrogen and oxygen atoms in total. The zero-order valence-electron chi connectivity index (χ0n) is 50.8. The van der Waals surface area contributed by atoms with Crippen molar-refractivity contribution in [2.75, 3.05) is 13.2 Å². The van der Waals surface area contributed by atoms with Gasteiger partial charge in [0, 0.05) is 12.8 Å². The van der Waals surface area contributed by atoms with Crippen molar-refractivity contribution in [1.29, 1.82) is 0 Å². The number of aliphatic hydroxyl groups excluding tert-OH is 2. The van der Waals surface area contributed by atoms with Gasteiger partial charge >= 0.3 is 5.97 Å². The Morgan fingerprint density at radius 1 is 0.373 bits per heavy atom. The van der Waals surface area contributed by atoms with Gasteiger partial charge in [-0.1, -0.05) is 334 Å². The summed E-state index contributed by atoms with van der Waals surface area (Å²) in [5.41, 5.74) is 0. The van der Waals surface area contributed by atoms with E-state index in [4.69, 9.17) is 4.74 Å². The van der Waals surface area contributed by atoms with Crippen LogP contribution in [0, 0.1) is 0 Å². The molecule has 0 saturated heterocycles. The largest absolute Gasteiger partial charge is 0.466 e. The van der Waals surface area contributed by atoms with Crippen LogP contribution in [0.25, 0.3) is 0 Å². The lowest BCUT2D eigenvalue weighted by molar-refractivity contribution is -0.143. The third kappa shape index (κ3) is 61.4. The highest BCUT2D eigenvalue weighted by atomic mass is 16.5. The average Bonchev–Trinajstić information content (AvgIpc) is 3.41. The average molecular weight is 1060 g/mol. The van der Waals surface area contributed by atoms with Gasteiger partial charge in [-0.3, -0.25) is 9.59 Å². The maximum Gasteiger partial charge on any atom is 0.305 e. The molecule has 0 aliphatic carbocycles. The minimum atomic E-state index is -0.663. The molecule has 6 heteroatoms. The van der Waals surface area contributed by atoms with E-state index in [0.717, 1.165) is 51.4 Å². The molecule has 0 saturated carbocycles. The lowest BCUT2D eigenvalue weighted by Crippen LogP contribution is -2.45. The first-order valence-corrected chi connectivity index (χ1v) is 34.1. The van der Waals surface area contributed by atoms with Crippen LogP contribution in [0.2, 0.25) is 0 Å². The fourth-order valence-corrected chi connectivity index (χ4v) is 10.8. The van der Waals surface area contributed by atoms with Crippen molar-refractivity contribution in [3.8, 4) is 0 Å². The lowest BCUT2D eigenvalue weighted by Gasteiger charge is -2.22. The van der Waals surface area contributed by atoms with E-state index in [9.17, 15) is 19.8 Å². The first-order chi connectivity index (χ1) is 37.0. The topological polar surface area (TPSA) is 95.9 Å². The second kappa shape index (κ2) is 64.9. The van der Waals surface area contributed by atoms with Crippen molar-refractivity contribution in [2.24, 2.45) is 0 Å². The van der Waals surface area contributed by atoms with Gasteiger partial charge in [-0.25, -0.2) is 0 Å². The van der Waals surface area contributed by atoms with Gasteiger partial charge in [-0.05, 0) is 57.8 Å². The molecule has 0 aromatic heterocycles. The smallest absolute Gasteiger partial charge is 0.305 e. The van der Waals surface area contributed by atoms with E-state index in [2.05, 4.69) is 43.5 Å². The molecule has 0 fully saturated rings. The lowest BCUT2D eigenvalue weighted by atomic mass is 10.0. The normalized spacial score (nSPS) is 12.6. The number of allylic oxidation sites excluding steroid dienone is 4.